The van der Waals surface area contributed by atoms with Crippen molar-refractivity contribution in [3.63, 3.8) is 0 Å². The number of rotatable bonds is 4. The molecule has 1 heterocycles. The second kappa shape index (κ2) is 5.67. The van der Waals surface area contributed by atoms with Gasteiger partial charge in [-0.3, -0.25) is 9.69 Å². The fraction of sp³-hybridized carbons (Fsp3) is 0.533. The van der Waals surface area contributed by atoms with E-state index < -0.39 is 23.2 Å². The van der Waals surface area contributed by atoms with Gasteiger partial charge in [0, 0.05) is 0 Å². The van der Waals surface area contributed by atoms with Gasteiger partial charge in [-0.05, 0) is 44.5 Å². The molecule has 0 aliphatic carbocycles. The molecule has 0 aromatic heterocycles. The fourth-order valence-electron chi connectivity index (χ4n) is 3.08. The lowest BCUT2D eigenvalue weighted by molar-refractivity contribution is -0.144. The highest BCUT2D eigenvalue weighted by Crippen LogP contribution is 2.42. The Labute approximate surface area is 121 Å². The van der Waals surface area contributed by atoms with Crippen LogP contribution in [0, 0.1) is 0 Å². The molecule has 1 unspecified atom stereocenters. The fourth-order valence-corrected chi connectivity index (χ4v) is 3.08. The maximum atomic E-state index is 13.2. The van der Waals surface area contributed by atoms with Crippen LogP contribution in [0.3, 0.4) is 0 Å². The van der Waals surface area contributed by atoms with Crippen molar-refractivity contribution in [3.8, 4) is 0 Å². The first-order chi connectivity index (χ1) is 9.75. The van der Waals surface area contributed by atoms with Gasteiger partial charge >= 0.3 is 12.1 Å². The van der Waals surface area contributed by atoms with Gasteiger partial charge in [0.05, 0.1) is 17.5 Å². The lowest BCUT2D eigenvalue weighted by Crippen LogP contribution is -2.45. The van der Waals surface area contributed by atoms with E-state index in [4.69, 9.17) is 5.11 Å². The molecule has 1 aromatic rings. The molecule has 3 nitrogen and oxygen atoms in total. The van der Waals surface area contributed by atoms with Crippen LogP contribution in [0.1, 0.15) is 37.3 Å². The van der Waals surface area contributed by atoms with Crippen LogP contribution >= 0.6 is 0 Å². The van der Waals surface area contributed by atoms with Crippen molar-refractivity contribution < 1.29 is 23.1 Å². The Kier molecular flexibility index (Phi) is 4.27. The highest BCUT2D eigenvalue weighted by molar-refractivity contribution is 5.69. The lowest BCUT2D eigenvalue weighted by atomic mass is 9.83. The first-order valence-corrected chi connectivity index (χ1v) is 6.89. The molecular formula is C15H18F3NO2. The van der Waals surface area contributed by atoms with Crippen LogP contribution in [-0.4, -0.2) is 29.1 Å². The quantitative estimate of drug-likeness (QED) is 0.925. The van der Waals surface area contributed by atoms with Gasteiger partial charge in [0.1, 0.15) is 0 Å². The Hall–Kier alpha value is -1.56. The number of nitrogens with zero attached hydrogens (tertiary/aromatic N) is 1. The smallest absolute Gasteiger partial charge is 0.416 e. The molecule has 0 saturated carbocycles. The summed E-state index contributed by atoms with van der Waals surface area (Å²) in [6.07, 6.45) is -3.08. The zero-order valence-electron chi connectivity index (χ0n) is 11.8. The van der Waals surface area contributed by atoms with Crippen molar-refractivity contribution in [2.24, 2.45) is 0 Å². The van der Waals surface area contributed by atoms with Crippen molar-refractivity contribution in [2.75, 3.05) is 13.1 Å². The molecule has 2 rings (SSSR count). The van der Waals surface area contributed by atoms with E-state index in [2.05, 4.69) is 0 Å². The van der Waals surface area contributed by atoms with Gasteiger partial charge in [-0.2, -0.15) is 13.2 Å². The molecule has 0 radical (unpaired) electrons. The average Bonchev–Trinajstić information content (AvgIpc) is 2.91. The SMILES string of the molecule is CC(CC(=O)O)(c1ccccc1C(F)(F)F)N1CCCC1. The molecule has 1 aliphatic rings. The topological polar surface area (TPSA) is 40.5 Å². The summed E-state index contributed by atoms with van der Waals surface area (Å²) in [5.41, 5.74) is -1.85. The third-order valence-corrected chi connectivity index (χ3v) is 4.11. The molecular weight excluding hydrogens is 283 g/mol. The van der Waals surface area contributed by atoms with Crippen molar-refractivity contribution in [2.45, 2.75) is 37.9 Å². The van der Waals surface area contributed by atoms with E-state index in [1.54, 1.807) is 6.92 Å². The van der Waals surface area contributed by atoms with Crippen LogP contribution in [0.25, 0.3) is 0 Å². The molecule has 0 amide bonds. The maximum absolute atomic E-state index is 13.2. The summed E-state index contributed by atoms with van der Waals surface area (Å²) in [5.74, 6) is -1.10. The zero-order valence-corrected chi connectivity index (χ0v) is 11.8. The first-order valence-electron chi connectivity index (χ1n) is 6.89. The van der Waals surface area contributed by atoms with E-state index >= 15 is 0 Å². The predicted molar refractivity (Wildman–Crippen MR) is 71.9 cm³/mol. The highest BCUT2D eigenvalue weighted by atomic mass is 19.4. The molecule has 1 atom stereocenters. The van der Waals surface area contributed by atoms with E-state index in [0.29, 0.717) is 13.1 Å². The van der Waals surface area contributed by atoms with E-state index in [0.717, 1.165) is 18.9 Å². The highest BCUT2D eigenvalue weighted by Gasteiger charge is 2.43. The number of hydrogen-bond acceptors (Lipinski definition) is 2. The molecule has 0 spiro atoms. The molecule has 1 saturated heterocycles. The molecule has 1 aliphatic heterocycles. The summed E-state index contributed by atoms with van der Waals surface area (Å²) in [7, 11) is 0. The van der Waals surface area contributed by atoms with Gasteiger partial charge < -0.3 is 5.11 Å². The van der Waals surface area contributed by atoms with Crippen molar-refractivity contribution >= 4 is 5.97 Å². The molecule has 1 N–H and O–H groups in total. The Bertz CT molecular complexity index is 524. The standard InChI is InChI=1S/C15H18F3NO2/c1-14(10-13(20)21,19-8-4-5-9-19)11-6-2-3-7-12(11)15(16,17)18/h2-3,6-7H,4-5,8-10H2,1H3,(H,20,21). The van der Waals surface area contributed by atoms with Crippen molar-refractivity contribution in [3.05, 3.63) is 35.4 Å². The van der Waals surface area contributed by atoms with Gasteiger partial charge in [0.25, 0.3) is 0 Å². The summed E-state index contributed by atoms with van der Waals surface area (Å²) < 4.78 is 39.7. The normalized spacial score (nSPS) is 19.4. The minimum atomic E-state index is -4.49. The van der Waals surface area contributed by atoms with E-state index in [1.165, 1.54) is 18.2 Å². The van der Waals surface area contributed by atoms with Crippen LogP contribution in [-0.2, 0) is 16.5 Å². The number of likely N-dealkylation sites (tertiary alicyclic amines) is 1. The number of halogens is 3. The minimum absolute atomic E-state index is 0.0433. The summed E-state index contributed by atoms with van der Waals surface area (Å²) in [6, 6.07) is 5.27. The number of benzene rings is 1. The van der Waals surface area contributed by atoms with Crippen LogP contribution in [0.5, 0.6) is 0 Å². The van der Waals surface area contributed by atoms with E-state index in [9.17, 15) is 18.0 Å². The number of carboxylic acid groups (broad SMARTS) is 1. The van der Waals surface area contributed by atoms with Gasteiger partial charge in [-0.25, -0.2) is 0 Å². The van der Waals surface area contributed by atoms with Crippen LogP contribution in [0.15, 0.2) is 24.3 Å². The largest absolute Gasteiger partial charge is 0.481 e. The maximum Gasteiger partial charge on any atom is 0.416 e. The predicted octanol–water partition coefficient (Wildman–Crippen LogP) is 3.49. The monoisotopic (exact) mass is 301 g/mol. The Morgan fingerprint density at radius 1 is 1.19 bits per heavy atom. The molecule has 1 fully saturated rings. The van der Waals surface area contributed by atoms with Gasteiger partial charge in [-0.1, -0.05) is 18.2 Å². The summed E-state index contributed by atoms with van der Waals surface area (Å²) in [6.45, 7) is 2.84. The molecule has 21 heavy (non-hydrogen) atoms. The lowest BCUT2D eigenvalue weighted by Gasteiger charge is -2.39. The number of carboxylic acids is 1. The Morgan fingerprint density at radius 3 is 2.19 bits per heavy atom. The Morgan fingerprint density at radius 2 is 1.71 bits per heavy atom. The molecule has 116 valence electrons. The zero-order chi connectivity index (χ0) is 15.7. The third kappa shape index (κ3) is 3.20. The number of alkyl halides is 3. The van der Waals surface area contributed by atoms with Gasteiger partial charge in [0.2, 0.25) is 0 Å². The summed E-state index contributed by atoms with van der Waals surface area (Å²) in [4.78, 5) is 13.1. The first kappa shape index (κ1) is 15.8. The van der Waals surface area contributed by atoms with Crippen LogP contribution in [0.4, 0.5) is 13.2 Å². The second-order valence-electron chi connectivity index (χ2n) is 5.58. The van der Waals surface area contributed by atoms with E-state index in [1.807, 2.05) is 4.90 Å². The summed E-state index contributed by atoms with van der Waals surface area (Å²) >= 11 is 0. The number of hydrogen-bond donors (Lipinski definition) is 1. The molecule has 6 heteroatoms. The van der Waals surface area contributed by atoms with Crippen molar-refractivity contribution in [1.82, 2.24) is 4.90 Å². The Balaban J connectivity index is 2.53. The molecule has 0 bridgehead atoms. The van der Waals surface area contributed by atoms with Gasteiger partial charge in [-0.15, -0.1) is 0 Å². The minimum Gasteiger partial charge on any atom is -0.481 e. The average molecular weight is 301 g/mol. The van der Waals surface area contributed by atoms with Crippen molar-refractivity contribution in [1.29, 1.82) is 0 Å². The van der Waals surface area contributed by atoms with Crippen LogP contribution in [0.2, 0.25) is 0 Å². The van der Waals surface area contributed by atoms with Gasteiger partial charge in [0.15, 0.2) is 0 Å². The summed E-state index contributed by atoms with van der Waals surface area (Å²) in [5, 5.41) is 9.16. The molecule has 1 aromatic carbocycles. The number of carbonyl (C=O) groups is 1. The third-order valence-electron chi connectivity index (χ3n) is 4.11. The van der Waals surface area contributed by atoms with E-state index in [-0.39, 0.29) is 12.0 Å². The number of aliphatic carboxylic acids is 1. The second-order valence-corrected chi connectivity index (χ2v) is 5.58. The van der Waals surface area contributed by atoms with Crippen LogP contribution < -0.4 is 0 Å².